The van der Waals surface area contributed by atoms with Gasteiger partial charge in [0.25, 0.3) is 0 Å². The molecule has 2 bridgehead atoms. The number of nitrogens with zero attached hydrogens (tertiary/aromatic N) is 2. The van der Waals surface area contributed by atoms with Gasteiger partial charge in [-0.25, -0.2) is 4.68 Å². The molecule has 1 heterocycles. The molecule has 0 spiro atoms. The van der Waals surface area contributed by atoms with Crippen molar-refractivity contribution >= 4 is 11.5 Å². The number of anilines is 2. The maximum absolute atomic E-state index is 6.16. The van der Waals surface area contributed by atoms with Crippen LogP contribution < -0.4 is 11.1 Å². The highest BCUT2D eigenvalue weighted by Gasteiger charge is 2.42. The van der Waals surface area contributed by atoms with Crippen LogP contribution >= 0.6 is 0 Å². The van der Waals surface area contributed by atoms with E-state index in [1.165, 1.54) is 25.7 Å². The van der Waals surface area contributed by atoms with Gasteiger partial charge in [-0.2, -0.15) is 5.10 Å². The smallest absolute Gasteiger partial charge is 0.148 e. The molecule has 19 heavy (non-hydrogen) atoms. The van der Waals surface area contributed by atoms with Crippen molar-refractivity contribution in [1.82, 2.24) is 9.78 Å². The van der Waals surface area contributed by atoms with E-state index < -0.39 is 0 Å². The normalized spacial score (nSPS) is 30.8. The largest absolute Gasteiger partial charge is 0.394 e. The molecule has 3 rings (SSSR count). The topological polar surface area (TPSA) is 55.9 Å². The summed E-state index contributed by atoms with van der Waals surface area (Å²) < 4.78 is 1.99. The van der Waals surface area contributed by atoms with E-state index in [9.17, 15) is 0 Å². The fourth-order valence-electron chi connectivity index (χ4n) is 4.21. The van der Waals surface area contributed by atoms with Crippen molar-refractivity contribution in [3.63, 3.8) is 0 Å². The van der Waals surface area contributed by atoms with Crippen molar-refractivity contribution < 1.29 is 0 Å². The Labute approximate surface area is 115 Å². The molecular weight excluding hydrogens is 236 g/mol. The van der Waals surface area contributed by atoms with E-state index >= 15 is 0 Å². The summed E-state index contributed by atoms with van der Waals surface area (Å²) in [7, 11) is 0. The van der Waals surface area contributed by atoms with Crippen LogP contribution in [0.25, 0.3) is 0 Å². The van der Waals surface area contributed by atoms with Gasteiger partial charge < -0.3 is 11.1 Å². The van der Waals surface area contributed by atoms with Crippen molar-refractivity contribution in [3.8, 4) is 0 Å². The number of nitrogens with one attached hydrogen (secondary N) is 1. The third-order valence-corrected chi connectivity index (χ3v) is 5.27. The SMILES string of the molecule is CCn1nc(C)c(N)c1NC(C)C1CC2CCC1C2. The molecule has 1 aromatic rings. The summed E-state index contributed by atoms with van der Waals surface area (Å²) in [6.07, 6.45) is 5.75. The minimum absolute atomic E-state index is 0.499. The van der Waals surface area contributed by atoms with E-state index in [1.54, 1.807) is 0 Å². The highest BCUT2D eigenvalue weighted by Crippen LogP contribution is 2.50. The lowest BCUT2D eigenvalue weighted by Crippen LogP contribution is -2.31. The zero-order chi connectivity index (χ0) is 13.6. The molecule has 1 aromatic heterocycles. The molecule has 0 aromatic carbocycles. The first-order valence-electron chi connectivity index (χ1n) is 7.69. The second-order valence-corrected chi connectivity index (χ2v) is 6.44. The summed E-state index contributed by atoms with van der Waals surface area (Å²) in [5.41, 5.74) is 7.91. The number of aryl methyl sites for hydroxylation is 2. The van der Waals surface area contributed by atoms with Crippen LogP contribution in [0.2, 0.25) is 0 Å². The molecular formula is C15H26N4. The Morgan fingerprint density at radius 3 is 2.79 bits per heavy atom. The van der Waals surface area contributed by atoms with Crippen LogP contribution in [0, 0.1) is 24.7 Å². The number of nitrogen functional groups attached to an aromatic ring is 1. The Morgan fingerprint density at radius 1 is 1.42 bits per heavy atom. The monoisotopic (exact) mass is 262 g/mol. The van der Waals surface area contributed by atoms with Gasteiger partial charge in [0.2, 0.25) is 0 Å². The van der Waals surface area contributed by atoms with Crippen LogP contribution in [0.3, 0.4) is 0 Å². The second kappa shape index (κ2) is 4.73. The van der Waals surface area contributed by atoms with Crippen LogP contribution in [-0.2, 0) is 6.54 Å². The van der Waals surface area contributed by atoms with E-state index in [2.05, 4.69) is 24.3 Å². The molecule has 2 saturated carbocycles. The van der Waals surface area contributed by atoms with Crippen LogP contribution in [0.1, 0.15) is 45.2 Å². The number of rotatable bonds is 4. The highest BCUT2D eigenvalue weighted by atomic mass is 15.3. The first kappa shape index (κ1) is 12.8. The van der Waals surface area contributed by atoms with Gasteiger partial charge in [-0.3, -0.25) is 0 Å². The Kier molecular flexibility index (Phi) is 3.19. The van der Waals surface area contributed by atoms with E-state index in [-0.39, 0.29) is 0 Å². The first-order valence-corrected chi connectivity index (χ1v) is 7.69. The zero-order valence-corrected chi connectivity index (χ0v) is 12.3. The minimum atomic E-state index is 0.499. The highest BCUT2D eigenvalue weighted by molar-refractivity contribution is 5.65. The van der Waals surface area contributed by atoms with Gasteiger partial charge in [0.15, 0.2) is 0 Å². The molecule has 0 saturated heterocycles. The quantitative estimate of drug-likeness (QED) is 0.877. The fourth-order valence-corrected chi connectivity index (χ4v) is 4.21. The minimum Gasteiger partial charge on any atom is -0.394 e. The average molecular weight is 262 g/mol. The maximum atomic E-state index is 6.16. The summed E-state index contributed by atoms with van der Waals surface area (Å²) >= 11 is 0. The Morgan fingerprint density at radius 2 is 2.21 bits per heavy atom. The van der Waals surface area contributed by atoms with Crippen molar-refractivity contribution in [2.75, 3.05) is 11.1 Å². The van der Waals surface area contributed by atoms with Crippen molar-refractivity contribution in [3.05, 3.63) is 5.69 Å². The average Bonchev–Trinajstić information content (AvgIpc) is 3.08. The van der Waals surface area contributed by atoms with Crippen LogP contribution in [-0.4, -0.2) is 15.8 Å². The van der Waals surface area contributed by atoms with Gasteiger partial charge in [-0.05, 0) is 57.8 Å². The van der Waals surface area contributed by atoms with E-state index in [4.69, 9.17) is 5.73 Å². The van der Waals surface area contributed by atoms with Gasteiger partial charge in [0.1, 0.15) is 5.82 Å². The number of aromatic nitrogens is 2. The fraction of sp³-hybridized carbons (Fsp3) is 0.800. The summed E-state index contributed by atoms with van der Waals surface area (Å²) in [4.78, 5) is 0. The van der Waals surface area contributed by atoms with E-state index in [0.29, 0.717) is 6.04 Å². The maximum Gasteiger partial charge on any atom is 0.148 e. The van der Waals surface area contributed by atoms with Gasteiger partial charge >= 0.3 is 0 Å². The Balaban J connectivity index is 1.74. The summed E-state index contributed by atoms with van der Waals surface area (Å²) in [6.45, 7) is 7.27. The summed E-state index contributed by atoms with van der Waals surface area (Å²) in [5, 5.41) is 8.14. The molecule has 2 aliphatic rings. The molecule has 4 unspecified atom stereocenters. The second-order valence-electron chi connectivity index (χ2n) is 6.44. The molecule has 0 amide bonds. The summed E-state index contributed by atoms with van der Waals surface area (Å²) in [6, 6.07) is 0.499. The van der Waals surface area contributed by atoms with E-state index in [1.807, 2.05) is 11.6 Å². The molecule has 2 aliphatic carbocycles. The van der Waals surface area contributed by atoms with Crippen LogP contribution in [0.4, 0.5) is 11.5 Å². The molecule has 106 valence electrons. The molecule has 3 N–H and O–H groups in total. The lowest BCUT2D eigenvalue weighted by Gasteiger charge is -2.29. The third kappa shape index (κ3) is 2.11. The molecule has 2 fully saturated rings. The van der Waals surface area contributed by atoms with Crippen LogP contribution in [0.5, 0.6) is 0 Å². The third-order valence-electron chi connectivity index (χ3n) is 5.27. The van der Waals surface area contributed by atoms with Gasteiger partial charge in [0, 0.05) is 12.6 Å². The standard InChI is InChI=1S/C15H26N4/c1-4-19-15(14(16)10(3)18-19)17-9(2)13-8-11-5-6-12(13)7-11/h9,11-13,17H,4-8,16H2,1-3H3. The predicted octanol–water partition coefficient (Wildman–Crippen LogP) is 3.03. The number of hydrogen-bond acceptors (Lipinski definition) is 3. The summed E-state index contributed by atoms with van der Waals surface area (Å²) in [5.74, 6) is 3.77. The van der Waals surface area contributed by atoms with Crippen molar-refractivity contribution in [1.29, 1.82) is 0 Å². The number of hydrogen-bond donors (Lipinski definition) is 2. The van der Waals surface area contributed by atoms with Gasteiger partial charge in [0.05, 0.1) is 11.4 Å². The predicted molar refractivity (Wildman–Crippen MR) is 79.1 cm³/mol. The number of nitrogens with two attached hydrogens (primary N) is 1. The van der Waals surface area contributed by atoms with Crippen molar-refractivity contribution in [2.45, 2.75) is 59.0 Å². The van der Waals surface area contributed by atoms with E-state index in [0.717, 1.165) is 41.5 Å². The molecule has 0 radical (unpaired) electrons. The van der Waals surface area contributed by atoms with Crippen molar-refractivity contribution in [2.24, 2.45) is 17.8 Å². The Bertz CT molecular complexity index is 465. The van der Waals surface area contributed by atoms with Gasteiger partial charge in [-0.15, -0.1) is 0 Å². The number of fused-ring (bicyclic) bond motifs is 2. The van der Waals surface area contributed by atoms with Crippen LogP contribution in [0.15, 0.2) is 0 Å². The molecule has 4 nitrogen and oxygen atoms in total. The van der Waals surface area contributed by atoms with Gasteiger partial charge in [-0.1, -0.05) is 6.42 Å². The lowest BCUT2D eigenvalue weighted by atomic mass is 9.84. The molecule has 4 heteroatoms. The zero-order valence-electron chi connectivity index (χ0n) is 12.3. The molecule has 4 atom stereocenters. The first-order chi connectivity index (χ1) is 9.10. The molecule has 0 aliphatic heterocycles. The lowest BCUT2D eigenvalue weighted by molar-refractivity contribution is 0.303. The Hall–Kier alpha value is -1.19.